The SMILES string of the molecule is COc1cccc(-n2c(=O)[nH]c3scc(-c4ccc5c(c4)Cc4cc(F)ccc4-5)c3c2=O)c1. The number of nitrogens with zero attached hydrogens (tertiary/aromatic N) is 1. The number of thiophene rings is 1. The average Bonchev–Trinajstić information content (AvgIpc) is 3.39. The summed E-state index contributed by atoms with van der Waals surface area (Å²) < 4.78 is 20.1. The third-order valence-corrected chi connectivity index (χ3v) is 6.99. The first-order valence-electron chi connectivity index (χ1n) is 10.4. The summed E-state index contributed by atoms with van der Waals surface area (Å²) in [6, 6.07) is 17.7. The summed E-state index contributed by atoms with van der Waals surface area (Å²) in [5.74, 6) is 0.312. The van der Waals surface area contributed by atoms with Crippen LogP contribution in [-0.2, 0) is 6.42 Å². The van der Waals surface area contributed by atoms with E-state index in [2.05, 4.69) is 11.1 Å². The zero-order chi connectivity index (χ0) is 22.7. The Balaban J connectivity index is 1.52. The fraction of sp³-hybridized carbons (Fsp3) is 0.0769. The molecule has 7 heteroatoms. The highest BCUT2D eigenvalue weighted by molar-refractivity contribution is 7.17. The largest absolute Gasteiger partial charge is 0.497 e. The second-order valence-electron chi connectivity index (χ2n) is 7.98. The van der Waals surface area contributed by atoms with Gasteiger partial charge in [-0.25, -0.2) is 13.8 Å². The summed E-state index contributed by atoms with van der Waals surface area (Å²) in [7, 11) is 1.53. The minimum atomic E-state index is -0.499. The average molecular weight is 456 g/mol. The number of aromatic amines is 1. The van der Waals surface area contributed by atoms with E-state index in [1.54, 1.807) is 30.3 Å². The lowest BCUT2D eigenvalue weighted by Gasteiger charge is -2.08. The van der Waals surface area contributed by atoms with Crippen molar-refractivity contribution in [2.24, 2.45) is 0 Å². The number of hydrogen-bond donors (Lipinski definition) is 1. The summed E-state index contributed by atoms with van der Waals surface area (Å²) in [4.78, 5) is 29.6. The highest BCUT2D eigenvalue weighted by atomic mass is 32.1. The van der Waals surface area contributed by atoms with Crippen molar-refractivity contribution >= 4 is 21.6 Å². The number of rotatable bonds is 3. The molecule has 0 saturated heterocycles. The number of fused-ring (bicyclic) bond motifs is 4. The summed E-state index contributed by atoms with van der Waals surface area (Å²) >= 11 is 1.33. The lowest BCUT2D eigenvalue weighted by Crippen LogP contribution is -2.33. The number of nitrogens with one attached hydrogen (secondary N) is 1. The second-order valence-corrected chi connectivity index (χ2v) is 8.86. The molecule has 0 aliphatic heterocycles. The molecule has 0 bridgehead atoms. The highest BCUT2D eigenvalue weighted by Gasteiger charge is 2.21. The number of methoxy groups -OCH3 is 1. The zero-order valence-corrected chi connectivity index (χ0v) is 18.3. The Morgan fingerprint density at radius 2 is 1.76 bits per heavy atom. The van der Waals surface area contributed by atoms with E-state index in [0.717, 1.165) is 37.9 Å². The van der Waals surface area contributed by atoms with Crippen molar-refractivity contribution in [3.8, 4) is 33.7 Å². The van der Waals surface area contributed by atoms with Crippen molar-refractivity contribution < 1.29 is 9.13 Å². The Morgan fingerprint density at radius 3 is 2.58 bits per heavy atom. The van der Waals surface area contributed by atoms with Crippen LogP contribution < -0.4 is 16.0 Å². The van der Waals surface area contributed by atoms with E-state index in [1.807, 2.05) is 23.6 Å². The number of ether oxygens (including phenoxy) is 1. The molecule has 2 aromatic heterocycles. The Bertz CT molecular complexity index is 1700. The fourth-order valence-corrected chi connectivity index (χ4v) is 5.51. The molecule has 0 atom stereocenters. The first-order chi connectivity index (χ1) is 16.0. The van der Waals surface area contributed by atoms with Crippen molar-refractivity contribution in [2.75, 3.05) is 7.11 Å². The van der Waals surface area contributed by atoms with Gasteiger partial charge in [0.15, 0.2) is 0 Å². The van der Waals surface area contributed by atoms with E-state index in [-0.39, 0.29) is 11.4 Å². The van der Waals surface area contributed by atoms with Crippen LogP contribution in [0.2, 0.25) is 0 Å². The maximum atomic E-state index is 13.7. The molecule has 1 aliphatic carbocycles. The molecule has 2 heterocycles. The quantitative estimate of drug-likeness (QED) is 0.402. The monoisotopic (exact) mass is 456 g/mol. The number of aromatic nitrogens is 2. The minimum Gasteiger partial charge on any atom is -0.497 e. The van der Waals surface area contributed by atoms with Crippen LogP contribution in [0.3, 0.4) is 0 Å². The predicted octanol–water partition coefficient (Wildman–Crippen LogP) is 5.13. The Hall–Kier alpha value is -3.97. The van der Waals surface area contributed by atoms with Gasteiger partial charge in [-0.2, -0.15) is 0 Å². The van der Waals surface area contributed by atoms with Gasteiger partial charge in [-0.3, -0.25) is 9.78 Å². The molecule has 6 rings (SSSR count). The van der Waals surface area contributed by atoms with Gasteiger partial charge in [0, 0.05) is 17.0 Å². The lowest BCUT2D eigenvalue weighted by molar-refractivity contribution is 0.414. The molecule has 0 fully saturated rings. The van der Waals surface area contributed by atoms with Crippen molar-refractivity contribution in [3.63, 3.8) is 0 Å². The maximum absolute atomic E-state index is 13.7. The molecule has 0 spiro atoms. The van der Waals surface area contributed by atoms with Crippen molar-refractivity contribution in [3.05, 3.63) is 104 Å². The zero-order valence-electron chi connectivity index (χ0n) is 17.5. The molecule has 0 unspecified atom stereocenters. The topological polar surface area (TPSA) is 64.1 Å². The Labute approximate surface area is 191 Å². The van der Waals surface area contributed by atoms with Crippen LogP contribution >= 0.6 is 11.3 Å². The lowest BCUT2D eigenvalue weighted by atomic mass is 9.99. The fourth-order valence-electron chi connectivity index (χ4n) is 4.56. The van der Waals surface area contributed by atoms with Gasteiger partial charge in [-0.15, -0.1) is 11.3 Å². The molecule has 0 saturated carbocycles. The Kier molecular flexibility index (Phi) is 4.35. The highest BCUT2D eigenvalue weighted by Crippen LogP contribution is 2.40. The first-order valence-corrected chi connectivity index (χ1v) is 11.2. The van der Waals surface area contributed by atoms with Gasteiger partial charge in [0.2, 0.25) is 0 Å². The molecule has 5 nitrogen and oxygen atoms in total. The van der Waals surface area contributed by atoms with Crippen molar-refractivity contribution in [1.82, 2.24) is 9.55 Å². The van der Waals surface area contributed by atoms with Crippen LogP contribution in [0.25, 0.3) is 38.2 Å². The second kappa shape index (κ2) is 7.28. The first kappa shape index (κ1) is 19.7. The summed E-state index contributed by atoms with van der Waals surface area (Å²) in [5, 5.41) is 2.35. The van der Waals surface area contributed by atoms with Crippen LogP contribution in [-0.4, -0.2) is 16.7 Å². The van der Waals surface area contributed by atoms with Gasteiger partial charge in [-0.05, 0) is 58.5 Å². The molecule has 1 N–H and O–H groups in total. The van der Waals surface area contributed by atoms with Gasteiger partial charge in [-0.1, -0.05) is 30.3 Å². The number of halogens is 1. The number of H-pyrrole nitrogens is 1. The number of hydrogen-bond acceptors (Lipinski definition) is 4. The van der Waals surface area contributed by atoms with Gasteiger partial charge < -0.3 is 4.74 Å². The van der Waals surface area contributed by atoms with E-state index in [1.165, 1.54) is 24.5 Å². The molecular weight excluding hydrogens is 439 g/mol. The van der Waals surface area contributed by atoms with Crippen LogP contribution in [0, 0.1) is 5.82 Å². The van der Waals surface area contributed by atoms with Gasteiger partial charge in [0.1, 0.15) is 16.4 Å². The molecule has 162 valence electrons. The third kappa shape index (κ3) is 3.04. The Morgan fingerprint density at radius 1 is 0.970 bits per heavy atom. The van der Waals surface area contributed by atoms with E-state index in [0.29, 0.717) is 28.1 Å². The maximum Gasteiger partial charge on any atom is 0.334 e. The summed E-state index contributed by atoms with van der Waals surface area (Å²) in [5.41, 5.74) is 5.36. The van der Waals surface area contributed by atoms with E-state index >= 15 is 0 Å². The molecule has 33 heavy (non-hydrogen) atoms. The minimum absolute atomic E-state index is 0.243. The third-order valence-electron chi connectivity index (χ3n) is 6.10. The number of benzene rings is 3. The van der Waals surface area contributed by atoms with Crippen molar-refractivity contribution in [2.45, 2.75) is 6.42 Å². The van der Waals surface area contributed by atoms with Gasteiger partial charge >= 0.3 is 5.69 Å². The summed E-state index contributed by atoms with van der Waals surface area (Å²) in [6.07, 6.45) is 0.642. The normalized spacial score (nSPS) is 12.1. The van der Waals surface area contributed by atoms with Crippen LogP contribution in [0.15, 0.2) is 75.6 Å². The molecular formula is C26H17FN2O3S. The van der Waals surface area contributed by atoms with Crippen molar-refractivity contribution in [1.29, 1.82) is 0 Å². The van der Waals surface area contributed by atoms with Crippen LogP contribution in [0.4, 0.5) is 4.39 Å². The van der Waals surface area contributed by atoms with Crippen LogP contribution in [0.5, 0.6) is 5.75 Å². The van der Waals surface area contributed by atoms with E-state index < -0.39 is 5.69 Å². The summed E-state index contributed by atoms with van der Waals surface area (Å²) in [6.45, 7) is 0. The standard InChI is InChI=1S/C26H17FN2O3S/c1-32-19-4-2-3-18(12-19)29-25(30)23-22(13-33-24(23)28-26(29)31)14-5-7-20-15(9-14)10-16-11-17(27)6-8-21(16)20/h2-9,11-13H,10H2,1H3,(H,28,31). The molecule has 3 aromatic carbocycles. The predicted molar refractivity (Wildman–Crippen MR) is 128 cm³/mol. The molecule has 0 amide bonds. The van der Waals surface area contributed by atoms with Crippen LogP contribution in [0.1, 0.15) is 11.1 Å². The molecule has 0 radical (unpaired) electrons. The molecule has 1 aliphatic rings. The van der Waals surface area contributed by atoms with E-state index in [4.69, 9.17) is 4.74 Å². The van der Waals surface area contributed by atoms with E-state index in [9.17, 15) is 14.0 Å². The molecule has 5 aromatic rings. The van der Waals surface area contributed by atoms with Gasteiger partial charge in [0.05, 0.1) is 18.2 Å². The smallest absolute Gasteiger partial charge is 0.334 e. The van der Waals surface area contributed by atoms with Gasteiger partial charge in [0.25, 0.3) is 5.56 Å².